The highest BCUT2D eigenvalue weighted by atomic mass is 16.4. The van der Waals surface area contributed by atoms with E-state index in [-0.39, 0.29) is 0 Å². The largest absolute Gasteiger partial charge is 0.479 e. The maximum atomic E-state index is 10.4. The van der Waals surface area contributed by atoms with E-state index in [0.717, 1.165) is 5.56 Å². The Morgan fingerprint density at radius 1 is 1.36 bits per heavy atom. The lowest BCUT2D eigenvalue weighted by atomic mass is 10.0. The van der Waals surface area contributed by atoms with Gasteiger partial charge in [0.25, 0.3) is 0 Å². The number of aryl methyl sites for hydroxylation is 1. The van der Waals surface area contributed by atoms with E-state index in [1.165, 1.54) is 0 Å². The number of benzene rings is 1. The second kappa shape index (κ2) is 4.21. The summed E-state index contributed by atoms with van der Waals surface area (Å²) in [6.07, 6.45) is -3.16. The van der Waals surface area contributed by atoms with Crippen molar-refractivity contribution in [1.29, 1.82) is 0 Å². The number of aliphatic hydroxyl groups is 2. The van der Waals surface area contributed by atoms with E-state index in [0.29, 0.717) is 5.56 Å². The molecule has 4 heteroatoms. The Morgan fingerprint density at radius 2 is 2.00 bits per heavy atom. The first-order chi connectivity index (χ1) is 6.52. The second-order valence-electron chi connectivity index (χ2n) is 3.14. The van der Waals surface area contributed by atoms with Crippen molar-refractivity contribution in [2.75, 3.05) is 0 Å². The van der Waals surface area contributed by atoms with Gasteiger partial charge in [0.15, 0.2) is 6.10 Å². The second-order valence-corrected chi connectivity index (χ2v) is 3.14. The van der Waals surface area contributed by atoms with Crippen molar-refractivity contribution in [3.8, 4) is 0 Å². The quantitative estimate of drug-likeness (QED) is 0.656. The minimum atomic E-state index is -1.78. The number of carboxylic acids is 1. The SMILES string of the molecule is Cc1cccc(C(O)C(O)C(=O)O)c1. The molecule has 0 heterocycles. The molecule has 0 spiro atoms. The topological polar surface area (TPSA) is 77.8 Å². The lowest BCUT2D eigenvalue weighted by molar-refractivity contribution is -0.153. The minimum absolute atomic E-state index is 0.403. The first kappa shape index (κ1) is 10.7. The predicted octanol–water partition coefficient (Wildman–Crippen LogP) is 0.474. The van der Waals surface area contributed by atoms with Crippen molar-refractivity contribution in [2.24, 2.45) is 0 Å². The summed E-state index contributed by atoms with van der Waals surface area (Å²) in [5, 5.41) is 27.0. The zero-order valence-electron chi connectivity index (χ0n) is 7.71. The van der Waals surface area contributed by atoms with E-state index in [4.69, 9.17) is 10.2 Å². The van der Waals surface area contributed by atoms with Crippen LogP contribution in [0.5, 0.6) is 0 Å². The summed E-state index contributed by atoms with van der Waals surface area (Å²) in [6, 6.07) is 6.73. The number of carboxylic acid groups (broad SMARTS) is 1. The molecule has 0 aliphatic heterocycles. The van der Waals surface area contributed by atoms with Crippen LogP contribution in [0.25, 0.3) is 0 Å². The van der Waals surface area contributed by atoms with Crippen LogP contribution in [-0.4, -0.2) is 27.4 Å². The highest BCUT2D eigenvalue weighted by Crippen LogP contribution is 2.17. The predicted molar refractivity (Wildman–Crippen MR) is 49.8 cm³/mol. The summed E-state index contributed by atoms with van der Waals surface area (Å²) >= 11 is 0. The van der Waals surface area contributed by atoms with Gasteiger partial charge in [-0.3, -0.25) is 0 Å². The van der Waals surface area contributed by atoms with Gasteiger partial charge in [-0.25, -0.2) is 4.79 Å². The lowest BCUT2D eigenvalue weighted by Gasteiger charge is -2.14. The van der Waals surface area contributed by atoms with Crippen LogP contribution in [0.3, 0.4) is 0 Å². The third kappa shape index (κ3) is 2.31. The summed E-state index contributed by atoms with van der Waals surface area (Å²) < 4.78 is 0. The molecule has 2 unspecified atom stereocenters. The van der Waals surface area contributed by atoms with Gasteiger partial charge >= 0.3 is 5.97 Å². The molecule has 1 aromatic carbocycles. The van der Waals surface area contributed by atoms with E-state index < -0.39 is 18.2 Å². The third-order valence-corrected chi connectivity index (χ3v) is 1.94. The molecule has 1 rings (SSSR count). The minimum Gasteiger partial charge on any atom is -0.479 e. The summed E-state index contributed by atoms with van der Waals surface area (Å²) in [4.78, 5) is 10.4. The van der Waals surface area contributed by atoms with Gasteiger partial charge in [-0.1, -0.05) is 29.8 Å². The van der Waals surface area contributed by atoms with Gasteiger partial charge in [0, 0.05) is 0 Å². The first-order valence-electron chi connectivity index (χ1n) is 4.18. The van der Waals surface area contributed by atoms with Gasteiger partial charge in [0.05, 0.1) is 0 Å². The molecule has 0 bridgehead atoms. The van der Waals surface area contributed by atoms with E-state index in [1.807, 2.05) is 13.0 Å². The van der Waals surface area contributed by atoms with Crippen LogP contribution in [-0.2, 0) is 4.79 Å². The van der Waals surface area contributed by atoms with Gasteiger partial charge in [0.2, 0.25) is 0 Å². The molecule has 1 aromatic rings. The van der Waals surface area contributed by atoms with Gasteiger partial charge in [-0.15, -0.1) is 0 Å². The molecule has 4 nitrogen and oxygen atoms in total. The van der Waals surface area contributed by atoms with Crippen LogP contribution >= 0.6 is 0 Å². The maximum absolute atomic E-state index is 10.4. The molecule has 2 atom stereocenters. The lowest BCUT2D eigenvalue weighted by Crippen LogP contribution is -2.27. The van der Waals surface area contributed by atoms with Crippen molar-refractivity contribution >= 4 is 5.97 Å². The van der Waals surface area contributed by atoms with E-state index in [1.54, 1.807) is 18.2 Å². The molecular formula is C10H12O4. The molecule has 14 heavy (non-hydrogen) atoms. The normalized spacial score (nSPS) is 14.8. The fourth-order valence-corrected chi connectivity index (χ4v) is 1.17. The Hall–Kier alpha value is -1.39. The van der Waals surface area contributed by atoms with Gasteiger partial charge < -0.3 is 15.3 Å². The highest BCUT2D eigenvalue weighted by Gasteiger charge is 2.24. The Morgan fingerprint density at radius 3 is 2.50 bits per heavy atom. The number of hydrogen-bond acceptors (Lipinski definition) is 3. The number of aliphatic carboxylic acids is 1. The molecule has 0 fully saturated rings. The number of carbonyl (C=O) groups is 1. The summed E-state index contributed by atoms with van der Waals surface area (Å²) in [7, 11) is 0. The molecule has 76 valence electrons. The van der Waals surface area contributed by atoms with Gasteiger partial charge in [0.1, 0.15) is 6.10 Å². The Balaban J connectivity index is 2.89. The Bertz CT molecular complexity index is 335. The van der Waals surface area contributed by atoms with E-state index >= 15 is 0 Å². The zero-order valence-corrected chi connectivity index (χ0v) is 7.71. The molecule has 0 radical (unpaired) electrons. The number of hydrogen-bond donors (Lipinski definition) is 3. The Kier molecular flexibility index (Phi) is 3.22. The van der Waals surface area contributed by atoms with Crippen molar-refractivity contribution in [3.63, 3.8) is 0 Å². The number of aliphatic hydroxyl groups excluding tert-OH is 2. The van der Waals surface area contributed by atoms with Crippen LogP contribution in [0.4, 0.5) is 0 Å². The Labute approximate surface area is 81.4 Å². The first-order valence-corrected chi connectivity index (χ1v) is 4.18. The zero-order chi connectivity index (χ0) is 10.7. The van der Waals surface area contributed by atoms with E-state index in [2.05, 4.69) is 0 Å². The van der Waals surface area contributed by atoms with Crippen LogP contribution < -0.4 is 0 Å². The molecule has 0 aromatic heterocycles. The smallest absolute Gasteiger partial charge is 0.335 e. The fraction of sp³-hybridized carbons (Fsp3) is 0.300. The van der Waals surface area contributed by atoms with Crippen molar-refractivity contribution < 1.29 is 20.1 Å². The van der Waals surface area contributed by atoms with Gasteiger partial charge in [-0.2, -0.15) is 0 Å². The molecule has 0 aliphatic rings. The molecule has 3 N–H and O–H groups in total. The highest BCUT2D eigenvalue weighted by molar-refractivity contribution is 5.73. The molecule has 0 amide bonds. The van der Waals surface area contributed by atoms with Crippen molar-refractivity contribution in [3.05, 3.63) is 35.4 Å². The van der Waals surface area contributed by atoms with Gasteiger partial charge in [-0.05, 0) is 12.5 Å². The van der Waals surface area contributed by atoms with E-state index in [9.17, 15) is 9.90 Å². The maximum Gasteiger partial charge on any atom is 0.335 e. The average Bonchev–Trinajstić information content (AvgIpc) is 2.15. The van der Waals surface area contributed by atoms with Crippen LogP contribution in [0, 0.1) is 6.92 Å². The summed E-state index contributed by atoms with van der Waals surface area (Å²) in [5.41, 5.74) is 1.30. The standard InChI is InChI=1S/C10H12O4/c1-6-3-2-4-7(5-6)8(11)9(12)10(13)14/h2-5,8-9,11-12H,1H3,(H,13,14). The van der Waals surface area contributed by atoms with Crippen LogP contribution in [0.1, 0.15) is 17.2 Å². The van der Waals surface area contributed by atoms with Crippen molar-refractivity contribution in [2.45, 2.75) is 19.1 Å². The molecule has 0 aliphatic carbocycles. The summed E-state index contributed by atoms with van der Waals surface area (Å²) in [5.74, 6) is -1.43. The van der Waals surface area contributed by atoms with Crippen LogP contribution in [0.15, 0.2) is 24.3 Å². The molecule has 0 saturated carbocycles. The third-order valence-electron chi connectivity index (χ3n) is 1.94. The average molecular weight is 196 g/mol. The molecular weight excluding hydrogens is 184 g/mol. The molecule has 0 saturated heterocycles. The number of rotatable bonds is 3. The van der Waals surface area contributed by atoms with Crippen LogP contribution in [0.2, 0.25) is 0 Å². The summed E-state index contributed by atoms with van der Waals surface area (Å²) in [6.45, 7) is 1.82. The van der Waals surface area contributed by atoms with Crippen molar-refractivity contribution in [1.82, 2.24) is 0 Å². The fourth-order valence-electron chi connectivity index (χ4n) is 1.17. The monoisotopic (exact) mass is 196 g/mol.